The predicted octanol–water partition coefficient (Wildman–Crippen LogP) is 3.91. The highest BCUT2D eigenvalue weighted by Crippen LogP contribution is 2.32. The Morgan fingerprint density at radius 1 is 1.30 bits per heavy atom. The first-order valence-electron chi connectivity index (χ1n) is 6.40. The quantitative estimate of drug-likeness (QED) is 0.821. The van der Waals surface area contributed by atoms with Crippen LogP contribution >= 0.6 is 12.4 Å². The molecular weight excluding hydrogens is 291 g/mol. The number of hydrogen-bond acceptors (Lipinski definition) is 2. The number of hydrogen-bond donors (Lipinski definition) is 0. The fourth-order valence-corrected chi connectivity index (χ4v) is 2.26. The van der Waals surface area contributed by atoms with Crippen LogP contribution in [0.5, 0.6) is 0 Å². The average molecular weight is 310 g/mol. The highest BCUT2D eigenvalue weighted by atomic mass is 35.5. The minimum absolute atomic E-state index is 0. The van der Waals surface area contributed by atoms with Crippen molar-refractivity contribution in [2.45, 2.75) is 32.2 Å². The maximum Gasteiger partial charge on any atom is 0.416 e. The maximum atomic E-state index is 12.7. The van der Waals surface area contributed by atoms with Crippen molar-refractivity contribution in [1.82, 2.24) is 4.90 Å². The van der Waals surface area contributed by atoms with Crippen molar-refractivity contribution in [3.63, 3.8) is 0 Å². The molecule has 1 aliphatic rings. The first-order chi connectivity index (χ1) is 8.88. The van der Waals surface area contributed by atoms with Crippen LogP contribution in [0.15, 0.2) is 24.3 Å². The van der Waals surface area contributed by atoms with Crippen LogP contribution in [0.1, 0.15) is 31.1 Å². The molecule has 0 aliphatic carbocycles. The molecule has 0 aromatic heterocycles. The van der Waals surface area contributed by atoms with E-state index >= 15 is 0 Å². The van der Waals surface area contributed by atoms with Crippen LogP contribution in [-0.4, -0.2) is 30.6 Å². The second-order valence-electron chi connectivity index (χ2n) is 5.07. The Bertz CT molecular complexity index is 437. The summed E-state index contributed by atoms with van der Waals surface area (Å²) in [4.78, 5) is 2.22. The Hall–Kier alpha value is -0.780. The van der Waals surface area contributed by atoms with Gasteiger partial charge in [0.2, 0.25) is 0 Å². The summed E-state index contributed by atoms with van der Waals surface area (Å²) in [5.74, 6) is 0. The van der Waals surface area contributed by atoms with Crippen molar-refractivity contribution in [3.05, 3.63) is 35.4 Å². The molecule has 1 heterocycles. The van der Waals surface area contributed by atoms with E-state index in [0.29, 0.717) is 24.8 Å². The first-order valence-corrected chi connectivity index (χ1v) is 6.40. The number of rotatable bonds is 2. The molecule has 0 saturated carbocycles. The van der Waals surface area contributed by atoms with Crippen molar-refractivity contribution in [2.75, 3.05) is 19.7 Å². The van der Waals surface area contributed by atoms with Crippen LogP contribution in [0.25, 0.3) is 0 Å². The van der Waals surface area contributed by atoms with E-state index < -0.39 is 11.7 Å². The zero-order valence-corrected chi connectivity index (χ0v) is 12.3. The zero-order valence-electron chi connectivity index (χ0n) is 11.5. The van der Waals surface area contributed by atoms with E-state index in [-0.39, 0.29) is 18.5 Å². The van der Waals surface area contributed by atoms with Gasteiger partial charge in [-0.05, 0) is 31.5 Å². The smallest absolute Gasteiger partial charge is 0.371 e. The van der Waals surface area contributed by atoms with Gasteiger partial charge < -0.3 is 4.74 Å². The largest absolute Gasteiger partial charge is 0.416 e. The second kappa shape index (κ2) is 6.78. The molecule has 0 N–H and O–H groups in total. The number of benzene rings is 1. The van der Waals surface area contributed by atoms with Gasteiger partial charge in [0.25, 0.3) is 0 Å². The normalized spacial score (nSPS) is 20.8. The molecule has 1 fully saturated rings. The highest BCUT2D eigenvalue weighted by molar-refractivity contribution is 5.85. The first kappa shape index (κ1) is 17.3. The Labute approximate surface area is 123 Å². The molecule has 1 atom stereocenters. The fraction of sp³-hybridized carbons (Fsp3) is 0.571. The average Bonchev–Trinajstić information content (AvgIpc) is 2.38. The predicted molar refractivity (Wildman–Crippen MR) is 74.1 cm³/mol. The number of nitrogens with zero attached hydrogens (tertiary/aromatic N) is 1. The fourth-order valence-electron chi connectivity index (χ4n) is 2.26. The molecule has 0 spiro atoms. The molecule has 0 radical (unpaired) electrons. The Kier molecular flexibility index (Phi) is 5.86. The Morgan fingerprint density at radius 2 is 2.00 bits per heavy atom. The van der Waals surface area contributed by atoms with E-state index in [1.54, 1.807) is 6.07 Å². The van der Waals surface area contributed by atoms with Crippen LogP contribution in [0.2, 0.25) is 0 Å². The topological polar surface area (TPSA) is 12.5 Å². The monoisotopic (exact) mass is 309 g/mol. The van der Waals surface area contributed by atoms with Crippen molar-refractivity contribution in [1.29, 1.82) is 0 Å². The van der Waals surface area contributed by atoms with Gasteiger partial charge in [0.1, 0.15) is 0 Å². The third kappa shape index (κ3) is 4.11. The van der Waals surface area contributed by atoms with Gasteiger partial charge in [0, 0.05) is 19.1 Å². The molecule has 0 amide bonds. The number of alkyl halides is 3. The number of morpholine rings is 1. The lowest BCUT2D eigenvalue weighted by Gasteiger charge is -2.35. The Balaban J connectivity index is 0.00000200. The van der Waals surface area contributed by atoms with Crippen molar-refractivity contribution >= 4 is 12.4 Å². The summed E-state index contributed by atoms with van der Waals surface area (Å²) in [5.41, 5.74) is -0.0181. The van der Waals surface area contributed by atoms with Crippen LogP contribution in [-0.2, 0) is 10.9 Å². The summed E-state index contributed by atoms with van der Waals surface area (Å²) in [7, 11) is 0. The lowest BCUT2D eigenvalue weighted by molar-refractivity contribution is -0.137. The third-order valence-electron chi connectivity index (χ3n) is 3.41. The minimum Gasteiger partial charge on any atom is -0.371 e. The van der Waals surface area contributed by atoms with Gasteiger partial charge in [-0.15, -0.1) is 12.4 Å². The third-order valence-corrected chi connectivity index (χ3v) is 3.41. The SMILES string of the molecule is CC(C)N1CCOC(c2cccc(C(F)(F)F)c2)C1.Cl. The number of ether oxygens (including phenoxy) is 1. The molecule has 114 valence electrons. The van der Waals surface area contributed by atoms with E-state index in [9.17, 15) is 13.2 Å². The van der Waals surface area contributed by atoms with Gasteiger partial charge in [0.05, 0.1) is 18.3 Å². The minimum atomic E-state index is -4.30. The van der Waals surface area contributed by atoms with Crippen LogP contribution in [0.4, 0.5) is 13.2 Å². The van der Waals surface area contributed by atoms with Crippen molar-refractivity contribution < 1.29 is 17.9 Å². The standard InChI is InChI=1S/C14H18F3NO.ClH/c1-10(2)18-6-7-19-13(9-18)11-4-3-5-12(8-11)14(15,16)17;/h3-5,8,10,13H,6-7,9H2,1-2H3;1H. The molecule has 2 rings (SSSR count). The second-order valence-corrected chi connectivity index (χ2v) is 5.07. The maximum absolute atomic E-state index is 12.7. The van der Waals surface area contributed by atoms with E-state index in [0.717, 1.165) is 12.6 Å². The lowest BCUT2D eigenvalue weighted by Crippen LogP contribution is -2.42. The molecule has 1 aliphatic heterocycles. The molecule has 0 bridgehead atoms. The molecule has 1 unspecified atom stereocenters. The van der Waals surface area contributed by atoms with Gasteiger partial charge in [0.15, 0.2) is 0 Å². The van der Waals surface area contributed by atoms with Gasteiger partial charge in [-0.1, -0.05) is 12.1 Å². The zero-order chi connectivity index (χ0) is 14.0. The van der Waals surface area contributed by atoms with Gasteiger partial charge >= 0.3 is 6.18 Å². The van der Waals surface area contributed by atoms with Gasteiger partial charge in [-0.3, -0.25) is 4.90 Å². The van der Waals surface area contributed by atoms with Gasteiger partial charge in [-0.25, -0.2) is 0 Å². The Morgan fingerprint density at radius 3 is 2.60 bits per heavy atom. The summed E-state index contributed by atoms with van der Waals surface area (Å²) < 4.78 is 43.7. The molecule has 20 heavy (non-hydrogen) atoms. The number of halogens is 4. The van der Waals surface area contributed by atoms with Crippen LogP contribution < -0.4 is 0 Å². The summed E-state index contributed by atoms with van der Waals surface area (Å²) in [6.45, 7) is 6.17. The summed E-state index contributed by atoms with van der Waals surface area (Å²) in [6.07, 6.45) is -4.58. The molecule has 1 aromatic rings. The molecule has 1 saturated heterocycles. The molecular formula is C14H19ClF3NO. The summed E-state index contributed by atoms with van der Waals surface area (Å²) in [6, 6.07) is 5.79. The van der Waals surface area contributed by atoms with E-state index in [1.807, 2.05) is 0 Å². The summed E-state index contributed by atoms with van der Waals surface area (Å²) >= 11 is 0. The van der Waals surface area contributed by atoms with E-state index in [1.165, 1.54) is 12.1 Å². The molecule has 6 heteroatoms. The van der Waals surface area contributed by atoms with E-state index in [4.69, 9.17) is 4.74 Å². The highest BCUT2D eigenvalue weighted by Gasteiger charge is 2.32. The van der Waals surface area contributed by atoms with Crippen molar-refractivity contribution in [3.8, 4) is 0 Å². The summed E-state index contributed by atoms with van der Waals surface area (Å²) in [5, 5.41) is 0. The van der Waals surface area contributed by atoms with E-state index in [2.05, 4.69) is 18.7 Å². The molecule has 1 aromatic carbocycles. The molecule has 2 nitrogen and oxygen atoms in total. The lowest BCUT2D eigenvalue weighted by atomic mass is 10.0. The van der Waals surface area contributed by atoms with Crippen molar-refractivity contribution in [2.24, 2.45) is 0 Å². The van der Waals surface area contributed by atoms with Gasteiger partial charge in [-0.2, -0.15) is 13.2 Å². The van der Waals surface area contributed by atoms with Crippen LogP contribution in [0.3, 0.4) is 0 Å². The van der Waals surface area contributed by atoms with Crippen LogP contribution in [0, 0.1) is 0 Å².